The van der Waals surface area contributed by atoms with E-state index in [4.69, 9.17) is 4.74 Å². The van der Waals surface area contributed by atoms with Crippen LogP contribution < -0.4 is 0 Å². The minimum Gasteiger partial charge on any atom is -0.359 e. The summed E-state index contributed by atoms with van der Waals surface area (Å²) in [7, 11) is -3.45. The third kappa shape index (κ3) is 1.86. The fourth-order valence-electron chi connectivity index (χ4n) is 3.74. The van der Waals surface area contributed by atoms with E-state index >= 15 is 0 Å². The van der Waals surface area contributed by atoms with Crippen LogP contribution in [-0.4, -0.2) is 37.5 Å². The summed E-state index contributed by atoms with van der Waals surface area (Å²) in [6.45, 7) is 7.00. The summed E-state index contributed by atoms with van der Waals surface area (Å²) >= 11 is 0. The van der Waals surface area contributed by atoms with E-state index in [0.29, 0.717) is 24.4 Å². The summed E-state index contributed by atoms with van der Waals surface area (Å²) in [5.74, 6) is 0.0662. The second-order valence-corrected chi connectivity index (χ2v) is 8.34. The standard InChI is InChI=1S/C17H19NO3S/c1-12-3-5-14(6-4-12)22(19,20)18-10-9-17-8-7-16(21-17)13(2)15(17)11-18/h3-8,15-16H,2,9-11H2,1H3/t15-,16-,17-/m0/s1. The quantitative estimate of drug-likeness (QED) is 0.786. The van der Waals surface area contributed by atoms with Crippen LogP contribution in [0.15, 0.2) is 53.5 Å². The lowest BCUT2D eigenvalue weighted by Crippen LogP contribution is -2.50. The molecule has 3 aliphatic rings. The van der Waals surface area contributed by atoms with Crippen molar-refractivity contribution in [3.05, 3.63) is 54.1 Å². The zero-order chi connectivity index (χ0) is 15.5. The molecule has 4 rings (SSSR count). The van der Waals surface area contributed by atoms with Crippen molar-refractivity contribution in [3.63, 3.8) is 0 Å². The fraction of sp³-hybridized carbons (Fsp3) is 0.412. The number of benzene rings is 1. The van der Waals surface area contributed by atoms with Crippen LogP contribution in [0.2, 0.25) is 0 Å². The molecule has 0 unspecified atom stereocenters. The first kappa shape index (κ1) is 14.2. The van der Waals surface area contributed by atoms with Crippen molar-refractivity contribution < 1.29 is 13.2 Å². The Morgan fingerprint density at radius 1 is 1.32 bits per heavy atom. The molecular formula is C17H19NO3S. The van der Waals surface area contributed by atoms with Crippen molar-refractivity contribution in [2.45, 2.75) is 29.9 Å². The first-order valence-corrected chi connectivity index (χ1v) is 8.99. The van der Waals surface area contributed by atoms with Gasteiger partial charge in [-0.25, -0.2) is 8.42 Å². The zero-order valence-corrected chi connectivity index (χ0v) is 13.3. The van der Waals surface area contributed by atoms with Gasteiger partial charge < -0.3 is 4.74 Å². The molecule has 2 bridgehead atoms. The molecule has 116 valence electrons. The van der Waals surface area contributed by atoms with Gasteiger partial charge in [-0.05, 0) is 31.1 Å². The van der Waals surface area contributed by atoms with Crippen LogP contribution in [0.5, 0.6) is 0 Å². The molecule has 1 spiro atoms. The number of nitrogens with zero attached hydrogens (tertiary/aromatic N) is 1. The predicted molar refractivity (Wildman–Crippen MR) is 83.9 cm³/mol. The summed E-state index contributed by atoms with van der Waals surface area (Å²) in [5.41, 5.74) is 1.74. The van der Waals surface area contributed by atoms with Crippen molar-refractivity contribution in [1.82, 2.24) is 4.31 Å². The Kier molecular flexibility index (Phi) is 2.92. The molecule has 3 aliphatic heterocycles. The molecule has 0 amide bonds. The highest BCUT2D eigenvalue weighted by Gasteiger charge is 2.55. The minimum absolute atomic E-state index is 0.0352. The van der Waals surface area contributed by atoms with Crippen LogP contribution in [0.4, 0.5) is 0 Å². The number of fused-ring (bicyclic) bond motifs is 1. The maximum absolute atomic E-state index is 12.8. The number of hydrogen-bond donors (Lipinski definition) is 0. The van der Waals surface area contributed by atoms with Crippen molar-refractivity contribution in [2.75, 3.05) is 13.1 Å². The molecule has 4 nitrogen and oxygen atoms in total. The summed E-state index contributed by atoms with van der Waals surface area (Å²) in [4.78, 5) is 0.360. The lowest BCUT2D eigenvalue weighted by molar-refractivity contribution is -0.0159. The van der Waals surface area contributed by atoms with Crippen molar-refractivity contribution >= 4 is 10.0 Å². The Bertz CT molecular complexity index is 766. The van der Waals surface area contributed by atoms with Gasteiger partial charge in [0, 0.05) is 19.0 Å². The third-order valence-corrected chi connectivity index (χ3v) is 6.98. The zero-order valence-electron chi connectivity index (χ0n) is 12.5. The van der Waals surface area contributed by atoms with Gasteiger partial charge in [-0.15, -0.1) is 0 Å². The van der Waals surface area contributed by atoms with Crippen LogP contribution in [0.3, 0.4) is 0 Å². The summed E-state index contributed by atoms with van der Waals surface area (Å²) in [5, 5.41) is 0. The van der Waals surface area contributed by atoms with Gasteiger partial charge in [0.2, 0.25) is 10.0 Å². The van der Waals surface area contributed by atoms with E-state index < -0.39 is 10.0 Å². The maximum Gasteiger partial charge on any atom is 0.243 e. The second kappa shape index (κ2) is 4.54. The Labute approximate surface area is 131 Å². The second-order valence-electron chi connectivity index (χ2n) is 6.41. The van der Waals surface area contributed by atoms with E-state index in [9.17, 15) is 8.42 Å². The maximum atomic E-state index is 12.8. The van der Waals surface area contributed by atoms with Crippen LogP contribution in [0.1, 0.15) is 12.0 Å². The van der Waals surface area contributed by atoms with Crippen molar-refractivity contribution in [2.24, 2.45) is 5.92 Å². The topological polar surface area (TPSA) is 46.6 Å². The van der Waals surface area contributed by atoms with Gasteiger partial charge in [0.1, 0.15) is 0 Å². The Hall–Kier alpha value is -1.43. The number of hydrogen-bond acceptors (Lipinski definition) is 3. The number of rotatable bonds is 2. The third-order valence-electron chi connectivity index (χ3n) is 5.10. The molecule has 2 fully saturated rings. The molecule has 3 heterocycles. The van der Waals surface area contributed by atoms with Gasteiger partial charge in [0.05, 0.1) is 16.6 Å². The largest absolute Gasteiger partial charge is 0.359 e. The number of aryl methyl sites for hydroxylation is 1. The molecule has 5 heteroatoms. The fourth-order valence-corrected chi connectivity index (χ4v) is 5.19. The summed E-state index contributed by atoms with van der Waals surface area (Å²) < 4.78 is 33.3. The van der Waals surface area contributed by atoms with E-state index in [0.717, 1.165) is 11.1 Å². The Morgan fingerprint density at radius 2 is 2.05 bits per heavy atom. The number of sulfonamides is 1. The molecule has 0 saturated carbocycles. The van der Waals surface area contributed by atoms with E-state index in [1.54, 1.807) is 16.4 Å². The van der Waals surface area contributed by atoms with Gasteiger partial charge in [-0.2, -0.15) is 4.31 Å². The highest BCUT2D eigenvalue weighted by atomic mass is 32.2. The van der Waals surface area contributed by atoms with Crippen molar-refractivity contribution in [3.8, 4) is 0 Å². The van der Waals surface area contributed by atoms with Gasteiger partial charge in [-0.1, -0.05) is 36.4 Å². The molecule has 1 aromatic carbocycles. The van der Waals surface area contributed by atoms with Crippen LogP contribution in [-0.2, 0) is 14.8 Å². The van der Waals surface area contributed by atoms with E-state index in [1.807, 2.05) is 25.1 Å². The van der Waals surface area contributed by atoms with E-state index in [-0.39, 0.29) is 17.6 Å². The normalized spacial score (nSPS) is 34.1. The average molecular weight is 317 g/mol. The molecule has 2 saturated heterocycles. The smallest absolute Gasteiger partial charge is 0.243 e. The highest BCUT2D eigenvalue weighted by Crippen LogP contribution is 2.50. The first-order chi connectivity index (χ1) is 10.4. The van der Waals surface area contributed by atoms with E-state index in [1.165, 1.54) is 0 Å². The highest BCUT2D eigenvalue weighted by molar-refractivity contribution is 7.89. The van der Waals surface area contributed by atoms with Gasteiger partial charge in [0.15, 0.2) is 0 Å². The van der Waals surface area contributed by atoms with Crippen molar-refractivity contribution in [1.29, 1.82) is 0 Å². The Morgan fingerprint density at radius 3 is 2.77 bits per heavy atom. The lowest BCUT2D eigenvalue weighted by Gasteiger charge is -2.40. The number of piperidine rings is 1. The molecule has 0 N–H and O–H groups in total. The van der Waals surface area contributed by atoms with E-state index in [2.05, 4.69) is 12.7 Å². The Balaban J connectivity index is 1.64. The molecule has 0 aliphatic carbocycles. The van der Waals surface area contributed by atoms with Crippen LogP contribution in [0, 0.1) is 12.8 Å². The monoisotopic (exact) mass is 317 g/mol. The van der Waals surface area contributed by atoms with Gasteiger partial charge in [0.25, 0.3) is 0 Å². The number of ether oxygens (including phenoxy) is 1. The molecule has 0 aromatic heterocycles. The van der Waals surface area contributed by atoms with Crippen LogP contribution in [0.25, 0.3) is 0 Å². The molecule has 1 aromatic rings. The molecule has 0 radical (unpaired) electrons. The van der Waals surface area contributed by atoms with Crippen LogP contribution >= 0.6 is 0 Å². The average Bonchev–Trinajstić information content (AvgIpc) is 3.03. The summed E-state index contributed by atoms with van der Waals surface area (Å²) in [6, 6.07) is 7.03. The SMILES string of the molecule is C=C1[C@@H]2C=C[C@@]3(CCN(S(=O)(=O)c4ccc(C)cc4)C[C@@H]13)O2. The first-order valence-electron chi connectivity index (χ1n) is 7.55. The molecular weight excluding hydrogens is 298 g/mol. The summed E-state index contributed by atoms with van der Waals surface area (Å²) in [6.07, 6.45) is 4.80. The minimum atomic E-state index is -3.45. The lowest BCUT2D eigenvalue weighted by atomic mass is 9.76. The van der Waals surface area contributed by atoms with Gasteiger partial charge >= 0.3 is 0 Å². The molecule has 22 heavy (non-hydrogen) atoms. The predicted octanol–water partition coefficient (Wildman–Crippen LogP) is 2.27. The van der Waals surface area contributed by atoms with Gasteiger partial charge in [-0.3, -0.25) is 0 Å². The molecule has 3 atom stereocenters.